The zero-order valence-electron chi connectivity index (χ0n) is 14.4. The van der Waals surface area contributed by atoms with Crippen molar-refractivity contribution in [1.29, 1.82) is 0 Å². The van der Waals surface area contributed by atoms with Crippen LogP contribution in [0.25, 0.3) is 0 Å². The molecule has 0 radical (unpaired) electrons. The van der Waals surface area contributed by atoms with Crippen LogP contribution in [0.4, 0.5) is 0 Å². The molecule has 0 fully saturated rings. The van der Waals surface area contributed by atoms with Gasteiger partial charge in [-0.2, -0.15) is 0 Å². The Kier molecular flexibility index (Phi) is 23.2. The maximum atomic E-state index is 8.85. The number of aliphatic hydroxyl groups excluding tert-OH is 1. The van der Waals surface area contributed by atoms with Gasteiger partial charge in [0.1, 0.15) is 0 Å². The van der Waals surface area contributed by atoms with Gasteiger partial charge in [0.2, 0.25) is 0 Å². The van der Waals surface area contributed by atoms with Gasteiger partial charge in [-0.05, 0) is 20.5 Å². The Morgan fingerprint density at radius 1 is 0.810 bits per heavy atom. The molecule has 2 nitrogen and oxygen atoms in total. The van der Waals surface area contributed by atoms with Crippen LogP contribution >= 0.6 is 23.2 Å². The highest BCUT2D eigenvalue weighted by molar-refractivity contribution is 6.18. The SMILES string of the molecule is CCCCCCCCCCCCCl.CN(C)CC(O)CCl. The van der Waals surface area contributed by atoms with Crippen molar-refractivity contribution in [3.8, 4) is 0 Å². The summed E-state index contributed by atoms with van der Waals surface area (Å²) in [6, 6.07) is 0. The van der Waals surface area contributed by atoms with Gasteiger partial charge in [0.05, 0.1) is 6.10 Å². The molecule has 0 heterocycles. The Morgan fingerprint density at radius 2 is 1.24 bits per heavy atom. The first kappa shape index (κ1) is 23.8. The average Bonchev–Trinajstić information content (AvgIpc) is 2.45. The lowest BCUT2D eigenvalue weighted by molar-refractivity contribution is 0.157. The number of halogens is 2. The minimum Gasteiger partial charge on any atom is -0.391 e. The fourth-order valence-electron chi connectivity index (χ4n) is 2.05. The van der Waals surface area contributed by atoms with Crippen molar-refractivity contribution in [2.45, 2.75) is 77.2 Å². The number of alkyl halides is 2. The van der Waals surface area contributed by atoms with Crippen LogP contribution in [0.1, 0.15) is 71.1 Å². The molecule has 0 saturated heterocycles. The predicted octanol–water partition coefficient (Wildman–Crippen LogP) is 5.29. The molecule has 0 saturated carbocycles. The predicted molar refractivity (Wildman–Crippen MR) is 97.8 cm³/mol. The van der Waals surface area contributed by atoms with E-state index in [1.54, 1.807) is 0 Å². The Bertz CT molecular complexity index is 170. The zero-order chi connectivity index (χ0) is 16.3. The van der Waals surface area contributed by atoms with Crippen LogP contribution in [0.15, 0.2) is 0 Å². The summed E-state index contributed by atoms with van der Waals surface area (Å²) in [5, 5.41) is 8.85. The van der Waals surface area contributed by atoms with Crippen LogP contribution in [0.3, 0.4) is 0 Å². The van der Waals surface area contributed by atoms with Crippen LogP contribution in [0, 0.1) is 0 Å². The molecule has 0 aliphatic carbocycles. The summed E-state index contributed by atoms with van der Waals surface area (Å²) in [7, 11) is 3.80. The largest absolute Gasteiger partial charge is 0.391 e. The first-order valence-corrected chi connectivity index (χ1v) is 9.60. The molecule has 0 bridgehead atoms. The third kappa shape index (κ3) is 25.8. The molecule has 1 atom stereocenters. The fraction of sp³-hybridized carbons (Fsp3) is 1.00. The van der Waals surface area contributed by atoms with Gasteiger partial charge >= 0.3 is 0 Å². The van der Waals surface area contributed by atoms with Gasteiger partial charge in [-0.25, -0.2) is 0 Å². The van der Waals surface area contributed by atoms with E-state index in [1.165, 1.54) is 64.2 Å². The summed E-state index contributed by atoms with van der Waals surface area (Å²) in [6.45, 7) is 2.91. The molecule has 0 aliphatic rings. The summed E-state index contributed by atoms with van der Waals surface area (Å²) < 4.78 is 0. The maximum Gasteiger partial charge on any atom is 0.0801 e. The molecule has 0 aliphatic heterocycles. The van der Waals surface area contributed by atoms with Crippen molar-refractivity contribution in [3.63, 3.8) is 0 Å². The third-order valence-electron chi connectivity index (χ3n) is 3.24. The van der Waals surface area contributed by atoms with Crippen molar-refractivity contribution in [3.05, 3.63) is 0 Å². The van der Waals surface area contributed by atoms with Crippen LogP contribution in [0.2, 0.25) is 0 Å². The third-order valence-corrected chi connectivity index (χ3v) is 3.86. The Morgan fingerprint density at radius 3 is 1.52 bits per heavy atom. The second kappa shape index (κ2) is 20.5. The summed E-state index contributed by atoms with van der Waals surface area (Å²) in [5.41, 5.74) is 0. The van der Waals surface area contributed by atoms with Crippen LogP contribution in [-0.4, -0.2) is 48.5 Å². The van der Waals surface area contributed by atoms with Gasteiger partial charge in [-0.15, -0.1) is 23.2 Å². The van der Waals surface area contributed by atoms with E-state index in [4.69, 9.17) is 28.3 Å². The highest BCUT2D eigenvalue weighted by atomic mass is 35.5. The summed E-state index contributed by atoms with van der Waals surface area (Å²) in [5.74, 6) is 1.16. The molecular formula is C17H37Cl2NO. The lowest BCUT2D eigenvalue weighted by atomic mass is 10.1. The monoisotopic (exact) mass is 341 g/mol. The molecule has 21 heavy (non-hydrogen) atoms. The number of nitrogens with zero attached hydrogens (tertiary/aromatic N) is 1. The van der Waals surface area contributed by atoms with Gasteiger partial charge in [-0.1, -0.05) is 64.7 Å². The lowest BCUT2D eigenvalue weighted by Gasteiger charge is -2.12. The topological polar surface area (TPSA) is 23.5 Å². The normalized spacial score (nSPS) is 12.1. The smallest absolute Gasteiger partial charge is 0.0801 e. The van der Waals surface area contributed by atoms with Gasteiger partial charge in [-0.3, -0.25) is 0 Å². The Balaban J connectivity index is 0. The number of rotatable bonds is 13. The van der Waals surface area contributed by atoms with Crippen LogP contribution in [0.5, 0.6) is 0 Å². The van der Waals surface area contributed by atoms with Crippen molar-refractivity contribution >= 4 is 23.2 Å². The summed E-state index contributed by atoms with van der Waals surface area (Å²) in [6.07, 6.45) is 13.5. The molecule has 0 amide bonds. The quantitative estimate of drug-likeness (QED) is 0.363. The second-order valence-corrected chi connectivity index (χ2v) is 6.63. The van der Waals surface area contributed by atoms with Gasteiger partial charge < -0.3 is 10.0 Å². The lowest BCUT2D eigenvalue weighted by Crippen LogP contribution is -2.26. The number of hydrogen-bond donors (Lipinski definition) is 1. The van der Waals surface area contributed by atoms with Gasteiger partial charge in [0, 0.05) is 18.3 Å². The standard InChI is InChI=1S/C12H25Cl.C5H12ClNO/c1-2-3-4-5-6-7-8-9-10-11-12-13;1-7(2)4-5(8)3-6/h2-12H2,1H3;5,8H,3-4H2,1-2H3. The molecule has 1 unspecified atom stereocenters. The van der Waals surface area contributed by atoms with Gasteiger partial charge in [0.15, 0.2) is 0 Å². The Hall–Kier alpha value is 0.500. The van der Waals surface area contributed by atoms with E-state index in [9.17, 15) is 0 Å². The minimum atomic E-state index is -0.383. The molecule has 0 aromatic carbocycles. The van der Waals surface area contributed by atoms with E-state index in [0.717, 1.165) is 5.88 Å². The Labute approximate surface area is 143 Å². The number of aliphatic hydroxyl groups is 1. The molecule has 0 aromatic rings. The van der Waals surface area contributed by atoms with E-state index in [-0.39, 0.29) is 6.10 Å². The molecule has 130 valence electrons. The van der Waals surface area contributed by atoms with Gasteiger partial charge in [0.25, 0.3) is 0 Å². The van der Waals surface area contributed by atoms with Crippen molar-refractivity contribution < 1.29 is 5.11 Å². The number of hydrogen-bond acceptors (Lipinski definition) is 2. The van der Waals surface area contributed by atoms with Crippen molar-refractivity contribution in [2.75, 3.05) is 32.4 Å². The first-order valence-electron chi connectivity index (χ1n) is 8.53. The highest BCUT2D eigenvalue weighted by Gasteiger charge is 2.00. The van der Waals surface area contributed by atoms with Crippen LogP contribution < -0.4 is 0 Å². The maximum absolute atomic E-state index is 8.85. The summed E-state index contributed by atoms with van der Waals surface area (Å²) in [4.78, 5) is 1.90. The van der Waals surface area contributed by atoms with E-state index in [1.807, 2.05) is 19.0 Å². The number of likely N-dealkylation sites (N-methyl/N-ethyl adjacent to an activating group) is 1. The molecule has 4 heteroatoms. The van der Waals surface area contributed by atoms with Crippen LogP contribution in [-0.2, 0) is 0 Å². The van der Waals surface area contributed by atoms with E-state index >= 15 is 0 Å². The van der Waals surface area contributed by atoms with Crippen molar-refractivity contribution in [2.24, 2.45) is 0 Å². The molecule has 0 rings (SSSR count). The highest BCUT2D eigenvalue weighted by Crippen LogP contribution is 2.10. The average molecular weight is 342 g/mol. The van der Waals surface area contributed by atoms with Crippen molar-refractivity contribution in [1.82, 2.24) is 4.90 Å². The van der Waals surface area contributed by atoms with E-state index < -0.39 is 0 Å². The van der Waals surface area contributed by atoms with E-state index in [0.29, 0.717) is 12.4 Å². The van der Waals surface area contributed by atoms with E-state index in [2.05, 4.69) is 6.92 Å². The molecular weight excluding hydrogens is 305 g/mol. The fourth-order valence-corrected chi connectivity index (χ4v) is 2.34. The molecule has 0 aromatic heterocycles. The second-order valence-electron chi connectivity index (χ2n) is 5.94. The number of unbranched alkanes of at least 4 members (excludes halogenated alkanes) is 9. The minimum absolute atomic E-state index is 0.318. The zero-order valence-corrected chi connectivity index (χ0v) is 15.9. The molecule has 0 spiro atoms. The molecule has 1 N–H and O–H groups in total. The summed E-state index contributed by atoms with van der Waals surface area (Å²) >= 11 is 10.9. The first-order chi connectivity index (χ1) is 10.1.